The Hall–Kier alpha value is -0.380. The average molecular weight is 332 g/mol. The van der Waals surface area contributed by atoms with Crippen molar-refractivity contribution in [1.82, 2.24) is 0 Å². The first-order valence-corrected chi connectivity index (χ1v) is 7.29. The molecular formula is C14H16BrClO2. The van der Waals surface area contributed by atoms with Gasteiger partial charge in [-0.2, -0.15) is 0 Å². The highest BCUT2D eigenvalue weighted by molar-refractivity contribution is 9.10. The fourth-order valence-corrected chi connectivity index (χ4v) is 2.92. The molecule has 98 valence electrons. The summed E-state index contributed by atoms with van der Waals surface area (Å²) in [5.74, 6) is 0.117. The van der Waals surface area contributed by atoms with Crippen molar-refractivity contribution in [2.45, 2.75) is 38.2 Å². The molecule has 0 aliphatic carbocycles. The van der Waals surface area contributed by atoms with E-state index in [1.165, 1.54) is 0 Å². The number of benzene rings is 1. The average Bonchev–Trinajstić information content (AvgIpc) is 2.33. The van der Waals surface area contributed by atoms with Crippen molar-refractivity contribution in [3.05, 3.63) is 33.3 Å². The molecule has 0 bridgehead atoms. The summed E-state index contributed by atoms with van der Waals surface area (Å²) in [6.07, 6.45) is 3.24. The Balaban J connectivity index is 2.11. The van der Waals surface area contributed by atoms with E-state index in [0.717, 1.165) is 29.3 Å². The third kappa shape index (κ3) is 3.14. The Morgan fingerprint density at radius 3 is 2.89 bits per heavy atom. The highest BCUT2D eigenvalue weighted by Crippen LogP contribution is 2.29. The predicted molar refractivity (Wildman–Crippen MR) is 76.1 cm³/mol. The highest BCUT2D eigenvalue weighted by atomic mass is 79.9. The number of ether oxygens (including phenoxy) is 1. The van der Waals surface area contributed by atoms with Crippen LogP contribution in [0.15, 0.2) is 22.7 Å². The van der Waals surface area contributed by atoms with Crippen LogP contribution in [-0.2, 0) is 16.0 Å². The number of hydrogen-bond donors (Lipinski definition) is 0. The normalized spacial score (nSPS) is 23.9. The fourth-order valence-electron chi connectivity index (χ4n) is 2.18. The van der Waals surface area contributed by atoms with Crippen molar-refractivity contribution in [2.24, 2.45) is 0 Å². The van der Waals surface area contributed by atoms with Crippen LogP contribution >= 0.6 is 27.5 Å². The van der Waals surface area contributed by atoms with Gasteiger partial charge in [0.2, 0.25) is 0 Å². The SMILES string of the molecule is CC1(C(=O)Cc2ccc(Br)cc2Cl)CCCCO1. The van der Waals surface area contributed by atoms with Crippen molar-refractivity contribution < 1.29 is 9.53 Å². The summed E-state index contributed by atoms with van der Waals surface area (Å²) in [4.78, 5) is 12.3. The third-order valence-electron chi connectivity index (χ3n) is 3.42. The van der Waals surface area contributed by atoms with Crippen LogP contribution in [0.4, 0.5) is 0 Å². The maximum Gasteiger partial charge on any atom is 0.168 e. The van der Waals surface area contributed by atoms with Gasteiger partial charge in [0, 0.05) is 22.5 Å². The molecule has 4 heteroatoms. The van der Waals surface area contributed by atoms with Gasteiger partial charge in [-0.1, -0.05) is 33.6 Å². The molecule has 1 saturated heterocycles. The lowest BCUT2D eigenvalue weighted by Gasteiger charge is -2.32. The van der Waals surface area contributed by atoms with Crippen molar-refractivity contribution in [2.75, 3.05) is 6.61 Å². The highest BCUT2D eigenvalue weighted by Gasteiger charge is 2.35. The van der Waals surface area contributed by atoms with E-state index in [-0.39, 0.29) is 5.78 Å². The van der Waals surface area contributed by atoms with E-state index in [9.17, 15) is 4.79 Å². The van der Waals surface area contributed by atoms with E-state index in [1.54, 1.807) is 0 Å². The number of Topliss-reactive ketones (excluding diaryl/α,β-unsaturated/α-hetero) is 1. The van der Waals surface area contributed by atoms with E-state index >= 15 is 0 Å². The number of ketones is 1. The standard InChI is InChI=1S/C14H16BrClO2/c1-14(6-2-3-7-18-14)13(17)8-10-4-5-11(15)9-12(10)16/h4-5,9H,2-3,6-8H2,1H3. The summed E-state index contributed by atoms with van der Waals surface area (Å²) >= 11 is 9.49. The van der Waals surface area contributed by atoms with Crippen LogP contribution in [0.3, 0.4) is 0 Å². The van der Waals surface area contributed by atoms with Gasteiger partial charge in [-0.15, -0.1) is 0 Å². The Labute approximate surface area is 121 Å². The molecule has 0 N–H and O–H groups in total. The second-order valence-electron chi connectivity index (χ2n) is 4.87. The lowest BCUT2D eigenvalue weighted by molar-refractivity contribution is -0.147. The lowest BCUT2D eigenvalue weighted by atomic mass is 9.88. The molecule has 2 nitrogen and oxygen atoms in total. The molecule has 1 aromatic carbocycles. The summed E-state index contributed by atoms with van der Waals surface area (Å²) < 4.78 is 6.58. The van der Waals surface area contributed by atoms with Gasteiger partial charge < -0.3 is 4.74 Å². The summed E-state index contributed by atoms with van der Waals surface area (Å²) in [5.41, 5.74) is 0.231. The molecule has 1 fully saturated rings. The molecule has 18 heavy (non-hydrogen) atoms. The van der Waals surface area contributed by atoms with Crippen LogP contribution in [0, 0.1) is 0 Å². The molecule has 0 saturated carbocycles. The Morgan fingerprint density at radius 2 is 2.28 bits per heavy atom. The molecule has 0 amide bonds. The van der Waals surface area contributed by atoms with Crippen molar-refractivity contribution in [1.29, 1.82) is 0 Å². The van der Waals surface area contributed by atoms with Crippen LogP contribution in [0.25, 0.3) is 0 Å². The maximum absolute atomic E-state index is 12.3. The quantitative estimate of drug-likeness (QED) is 0.831. The largest absolute Gasteiger partial charge is 0.367 e. The fraction of sp³-hybridized carbons (Fsp3) is 0.500. The molecular weight excluding hydrogens is 316 g/mol. The zero-order chi connectivity index (χ0) is 13.2. The number of carbonyl (C=O) groups excluding carboxylic acids is 1. The molecule has 1 aliphatic rings. The minimum Gasteiger partial charge on any atom is -0.367 e. The van der Waals surface area contributed by atoms with Gasteiger partial charge in [0.15, 0.2) is 5.78 Å². The van der Waals surface area contributed by atoms with E-state index in [4.69, 9.17) is 16.3 Å². The molecule has 1 atom stereocenters. The molecule has 1 aromatic rings. The van der Waals surface area contributed by atoms with Crippen LogP contribution in [0.2, 0.25) is 5.02 Å². The van der Waals surface area contributed by atoms with Crippen LogP contribution in [0.5, 0.6) is 0 Å². The topological polar surface area (TPSA) is 26.3 Å². The zero-order valence-electron chi connectivity index (χ0n) is 10.3. The monoisotopic (exact) mass is 330 g/mol. The predicted octanol–water partition coefficient (Wildman–Crippen LogP) is 4.17. The summed E-state index contributed by atoms with van der Waals surface area (Å²) in [5, 5.41) is 0.622. The van der Waals surface area contributed by atoms with E-state index < -0.39 is 5.60 Å². The summed E-state index contributed by atoms with van der Waals surface area (Å²) in [7, 11) is 0. The molecule has 1 aliphatic heterocycles. The Bertz CT molecular complexity index is 453. The molecule has 0 aromatic heterocycles. The number of hydrogen-bond acceptors (Lipinski definition) is 2. The minimum absolute atomic E-state index is 0.117. The second-order valence-corrected chi connectivity index (χ2v) is 6.19. The Kier molecular flexibility index (Phi) is 4.46. The van der Waals surface area contributed by atoms with Gasteiger partial charge in [-0.05, 0) is 43.9 Å². The Morgan fingerprint density at radius 1 is 1.50 bits per heavy atom. The van der Waals surface area contributed by atoms with Crippen LogP contribution in [0.1, 0.15) is 31.7 Å². The minimum atomic E-state index is -0.630. The van der Waals surface area contributed by atoms with Gasteiger partial charge in [0.05, 0.1) is 0 Å². The van der Waals surface area contributed by atoms with E-state index in [1.807, 2.05) is 25.1 Å². The molecule has 0 radical (unpaired) electrons. The number of carbonyl (C=O) groups is 1. The van der Waals surface area contributed by atoms with Gasteiger partial charge in [-0.25, -0.2) is 0 Å². The zero-order valence-corrected chi connectivity index (χ0v) is 12.7. The van der Waals surface area contributed by atoms with Gasteiger partial charge in [-0.3, -0.25) is 4.79 Å². The molecule has 0 spiro atoms. The molecule has 1 heterocycles. The van der Waals surface area contributed by atoms with E-state index in [0.29, 0.717) is 18.1 Å². The summed E-state index contributed by atoms with van der Waals surface area (Å²) in [6, 6.07) is 5.60. The van der Waals surface area contributed by atoms with Gasteiger partial charge >= 0.3 is 0 Å². The third-order valence-corrected chi connectivity index (χ3v) is 4.27. The first-order valence-electron chi connectivity index (χ1n) is 6.12. The maximum atomic E-state index is 12.3. The van der Waals surface area contributed by atoms with Crippen LogP contribution < -0.4 is 0 Å². The summed E-state index contributed by atoms with van der Waals surface area (Å²) in [6.45, 7) is 2.57. The smallest absolute Gasteiger partial charge is 0.168 e. The van der Waals surface area contributed by atoms with E-state index in [2.05, 4.69) is 15.9 Å². The van der Waals surface area contributed by atoms with Crippen LogP contribution in [-0.4, -0.2) is 18.0 Å². The van der Waals surface area contributed by atoms with Gasteiger partial charge in [0.25, 0.3) is 0 Å². The number of rotatable bonds is 3. The number of halogens is 2. The lowest BCUT2D eigenvalue weighted by Crippen LogP contribution is -2.42. The van der Waals surface area contributed by atoms with Gasteiger partial charge in [0.1, 0.15) is 5.60 Å². The first-order chi connectivity index (χ1) is 8.51. The molecule has 2 rings (SSSR count). The van der Waals surface area contributed by atoms with Crippen molar-refractivity contribution in [3.63, 3.8) is 0 Å². The second kappa shape index (κ2) is 5.72. The first kappa shape index (κ1) is 14.0. The molecule has 1 unspecified atom stereocenters. The van der Waals surface area contributed by atoms with Crippen molar-refractivity contribution in [3.8, 4) is 0 Å². The van der Waals surface area contributed by atoms with Crippen molar-refractivity contribution >= 4 is 33.3 Å².